The van der Waals surface area contributed by atoms with E-state index in [1.54, 1.807) is 6.07 Å². The Morgan fingerprint density at radius 2 is 2.33 bits per heavy atom. The first-order valence-corrected chi connectivity index (χ1v) is 5.48. The lowest BCUT2D eigenvalue weighted by atomic mass is 10.1. The van der Waals surface area contributed by atoms with Crippen molar-refractivity contribution in [3.63, 3.8) is 0 Å². The second kappa shape index (κ2) is 4.47. The van der Waals surface area contributed by atoms with Crippen LogP contribution in [0.3, 0.4) is 0 Å². The molecule has 2 N–H and O–H groups in total. The van der Waals surface area contributed by atoms with Gasteiger partial charge in [-0.15, -0.1) is 0 Å². The van der Waals surface area contributed by atoms with Crippen LogP contribution in [-0.4, -0.2) is 24.8 Å². The average molecular weight is 276 g/mol. The summed E-state index contributed by atoms with van der Waals surface area (Å²) in [6, 6.07) is 2.65. The molecule has 1 aliphatic rings. The van der Waals surface area contributed by atoms with E-state index in [9.17, 15) is 9.50 Å². The molecule has 1 aromatic carbocycles. The third kappa shape index (κ3) is 2.30. The maximum atomic E-state index is 13.5. The Bertz CT molecular complexity index is 367. The number of phenolic OH excluding ortho intramolecular Hbond substituents is 1. The van der Waals surface area contributed by atoms with E-state index in [1.807, 2.05) is 0 Å². The van der Waals surface area contributed by atoms with E-state index in [4.69, 9.17) is 4.74 Å². The van der Waals surface area contributed by atoms with Gasteiger partial charge in [0.1, 0.15) is 11.6 Å². The molecule has 0 amide bonds. The summed E-state index contributed by atoms with van der Waals surface area (Å²) in [4.78, 5) is 0. The van der Waals surface area contributed by atoms with Crippen LogP contribution in [-0.2, 0) is 4.74 Å². The molecule has 1 fully saturated rings. The van der Waals surface area contributed by atoms with Crippen molar-refractivity contribution in [3.05, 3.63) is 28.0 Å². The standard InChI is InChI=1S/C10H11BrFNO2/c11-7-3-6(8(12)4-9(7)14)10-5-13-1-2-15-10/h3-4,10,13-14H,1-2,5H2. The minimum absolute atomic E-state index is 0.0972. The molecule has 15 heavy (non-hydrogen) atoms. The molecule has 0 bridgehead atoms. The van der Waals surface area contributed by atoms with Gasteiger partial charge < -0.3 is 15.2 Å². The zero-order chi connectivity index (χ0) is 10.8. The molecular weight excluding hydrogens is 265 g/mol. The van der Waals surface area contributed by atoms with Gasteiger partial charge in [-0.3, -0.25) is 0 Å². The second-order valence-corrected chi connectivity index (χ2v) is 4.24. The van der Waals surface area contributed by atoms with Crippen molar-refractivity contribution >= 4 is 15.9 Å². The smallest absolute Gasteiger partial charge is 0.132 e. The zero-order valence-electron chi connectivity index (χ0n) is 7.96. The van der Waals surface area contributed by atoms with Crippen molar-refractivity contribution in [2.45, 2.75) is 6.10 Å². The Morgan fingerprint density at radius 1 is 1.53 bits per heavy atom. The van der Waals surface area contributed by atoms with Gasteiger partial charge in [0.2, 0.25) is 0 Å². The predicted molar refractivity (Wildman–Crippen MR) is 57.3 cm³/mol. The van der Waals surface area contributed by atoms with E-state index in [-0.39, 0.29) is 11.9 Å². The van der Waals surface area contributed by atoms with Crippen molar-refractivity contribution in [1.82, 2.24) is 5.32 Å². The summed E-state index contributed by atoms with van der Waals surface area (Å²) < 4.78 is 19.4. The van der Waals surface area contributed by atoms with E-state index in [1.165, 1.54) is 0 Å². The lowest BCUT2D eigenvalue weighted by molar-refractivity contribution is 0.0254. The van der Waals surface area contributed by atoms with Crippen LogP contribution in [0, 0.1) is 5.82 Å². The first-order valence-electron chi connectivity index (χ1n) is 4.68. The number of ether oxygens (including phenoxy) is 1. The fourth-order valence-corrected chi connectivity index (χ4v) is 1.92. The third-order valence-corrected chi connectivity index (χ3v) is 2.98. The Labute approximate surface area is 95.4 Å². The van der Waals surface area contributed by atoms with Gasteiger partial charge in [-0.1, -0.05) is 0 Å². The Kier molecular flexibility index (Phi) is 3.23. The summed E-state index contributed by atoms with van der Waals surface area (Å²) in [6.07, 6.45) is -0.282. The minimum Gasteiger partial charge on any atom is -0.507 e. The molecule has 0 radical (unpaired) electrons. The van der Waals surface area contributed by atoms with Crippen LogP contribution in [0.5, 0.6) is 5.75 Å². The van der Waals surface area contributed by atoms with Crippen LogP contribution in [0.2, 0.25) is 0 Å². The Hall–Kier alpha value is -0.650. The number of phenols is 1. The van der Waals surface area contributed by atoms with Gasteiger partial charge in [0.15, 0.2) is 0 Å². The van der Waals surface area contributed by atoms with Gasteiger partial charge in [0.05, 0.1) is 17.2 Å². The van der Waals surface area contributed by atoms with Crippen molar-refractivity contribution in [2.75, 3.05) is 19.7 Å². The Morgan fingerprint density at radius 3 is 3.00 bits per heavy atom. The topological polar surface area (TPSA) is 41.5 Å². The van der Waals surface area contributed by atoms with E-state index < -0.39 is 5.82 Å². The molecular formula is C10H11BrFNO2. The highest BCUT2D eigenvalue weighted by Crippen LogP contribution is 2.31. The normalized spacial score (nSPS) is 21.6. The van der Waals surface area contributed by atoms with Crippen LogP contribution in [0.4, 0.5) is 4.39 Å². The molecule has 5 heteroatoms. The van der Waals surface area contributed by atoms with Crippen molar-refractivity contribution in [3.8, 4) is 5.75 Å². The molecule has 0 spiro atoms. The van der Waals surface area contributed by atoms with Gasteiger partial charge in [-0.25, -0.2) is 4.39 Å². The van der Waals surface area contributed by atoms with E-state index in [2.05, 4.69) is 21.2 Å². The molecule has 1 saturated heterocycles. The summed E-state index contributed by atoms with van der Waals surface area (Å²) >= 11 is 3.15. The lowest BCUT2D eigenvalue weighted by Crippen LogP contribution is -2.33. The number of rotatable bonds is 1. The summed E-state index contributed by atoms with van der Waals surface area (Å²) in [5.41, 5.74) is 0.465. The first kappa shape index (κ1) is 10.9. The number of nitrogens with one attached hydrogen (secondary N) is 1. The highest BCUT2D eigenvalue weighted by molar-refractivity contribution is 9.10. The Balaban J connectivity index is 2.30. The first-order chi connectivity index (χ1) is 7.18. The maximum Gasteiger partial charge on any atom is 0.132 e. The van der Waals surface area contributed by atoms with Crippen molar-refractivity contribution in [2.24, 2.45) is 0 Å². The lowest BCUT2D eigenvalue weighted by Gasteiger charge is -2.24. The van der Waals surface area contributed by atoms with Gasteiger partial charge in [-0.2, -0.15) is 0 Å². The fourth-order valence-electron chi connectivity index (χ4n) is 1.56. The number of hydrogen-bond donors (Lipinski definition) is 2. The van der Waals surface area contributed by atoms with Gasteiger partial charge >= 0.3 is 0 Å². The molecule has 0 aliphatic carbocycles. The van der Waals surface area contributed by atoms with Gasteiger partial charge in [0, 0.05) is 24.7 Å². The average Bonchev–Trinajstić information content (AvgIpc) is 2.25. The number of morpholine rings is 1. The molecule has 1 atom stereocenters. The molecule has 1 aromatic rings. The maximum absolute atomic E-state index is 13.5. The summed E-state index contributed by atoms with van der Waals surface area (Å²) in [5, 5.41) is 12.4. The molecule has 82 valence electrons. The molecule has 3 nitrogen and oxygen atoms in total. The number of halogens is 2. The highest BCUT2D eigenvalue weighted by Gasteiger charge is 2.20. The van der Waals surface area contributed by atoms with E-state index in [0.717, 1.165) is 12.6 Å². The predicted octanol–water partition coefficient (Wildman–Crippen LogP) is 1.95. The van der Waals surface area contributed by atoms with Crippen LogP contribution < -0.4 is 5.32 Å². The largest absolute Gasteiger partial charge is 0.507 e. The molecule has 0 saturated carbocycles. The van der Waals surface area contributed by atoms with E-state index in [0.29, 0.717) is 23.2 Å². The molecule has 2 rings (SSSR count). The van der Waals surface area contributed by atoms with Crippen LogP contribution in [0.15, 0.2) is 16.6 Å². The second-order valence-electron chi connectivity index (χ2n) is 3.39. The molecule has 1 heterocycles. The van der Waals surface area contributed by atoms with Crippen molar-refractivity contribution < 1.29 is 14.2 Å². The molecule has 0 aromatic heterocycles. The molecule has 1 unspecified atom stereocenters. The summed E-state index contributed by atoms with van der Waals surface area (Å²) in [5.74, 6) is -0.538. The SMILES string of the molecule is Oc1cc(F)c(C2CNCCO2)cc1Br. The third-order valence-electron chi connectivity index (χ3n) is 2.34. The molecule has 1 aliphatic heterocycles. The van der Waals surface area contributed by atoms with Gasteiger partial charge in [-0.05, 0) is 22.0 Å². The number of aromatic hydroxyl groups is 1. The van der Waals surface area contributed by atoms with Crippen molar-refractivity contribution in [1.29, 1.82) is 0 Å². The van der Waals surface area contributed by atoms with Crippen LogP contribution in [0.1, 0.15) is 11.7 Å². The summed E-state index contributed by atoms with van der Waals surface area (Å²) in [6.45, 7) is 1.95. The highest BCUT2D eigenvalue weighted by atomic mass is 79.9. The zero-order valence-corrected chi connectivity index (χ0v) is 9.55. The van der Waals surface area contributed by atoms with Crippen LogP contribution >= 0.6 is 15.9 Å². The number of hydrogen-bond acceptors (Lipinski definition) is 3. The summed E-state index contributed by atoms with van der Waals surface area (Å²) in [7, 11) is 0. The number of benzene rings is 1. The van der Waals surface area contributed by atoms with Gasteiger partial charge in [0.25, 0.3) is 0 Å². The van der Waals surface area contributed by atoms with E-state index >= 15 is 0 Å². The minimum atomic E-state index is -0.440. The quantitative estimate of drug-likeness (QED) is 0.823. The fraction of sp³-hybridized carbons (Fsp3) is 0.400. The van der Waals surface area contributed by atoms with Crippen LogP contribution in [0.25, 0.3) is 0 Å². The monoisotopic (exact) mass is 275 g/mol.